The summed E-state index contributed by atoms with van der Waals surface area (Å²) < 4.78 is 2.81. The number of carbonyl (C=O) groups is 1. The third kappa shape index (κ3) is 5.34. The van der Waals surface area contributed by atoms with E-state index in [1.165, 1.54) is 20.8 Å². The van der Waals surface area contributed by atoms with E-state index in [9.17, 15) is 14.4 Å². The van der Waals surface area contributed by atoms with Crippen molar-refractivity contribution in [2.75, 3.05) is 13.1 Å². The molecule has 194 valence electrons. The number of aryl methyl sites for hydroxylation is 3. The van der Waals surface area contributed by atoms with Crippen LogP contribution in [0.1, 0.15) is 63.0 Å². The summed E-state index contributed by atoms with van der Waals surface area (Å²) in [6.07, 6.45) is 5.53. The van der Waals surface area contributed by atoms with Gasteiger partial charge in [0.15, 0.2) is 0 Å². The van der Waals surface area contributed by atoms with Crippen LogP contribution in [0.25, 0.3) is 15.9 Å². The number of amides is 1. The van der Waals surface area contributed by atoms with Crippen molar-refractivity contribution in [1.29, 1.82) is 0 Å². The van der Waals surface area contributed by atoms with Crippen LogP contribution < -0.4 is 11.2 Å². The molecule has 1 amide bonds. The highest BCUT2D eigenvalue weighted by Gasteiger charge is 2.27. The Morgan fingerprint density at radius 1 is 1.11 bits per heavy atom. The maximum absolute atomic E-state index is 13.6. The fraction of sp³-hybridized carbons (Fsp3) is 0.536. The molecule has 1 N–H and O–H groups in total. The topological polar surface area (TPSA) is 84.5 Å². The van der Waals surface area contributed by atoms with Gasteiger partial charge in [-0.1, -0.05) is 26.0 Å². The maximum atomic E-state index is 13.6. The highest BCUT2D eigenvalue weighted by atomic mass is 32.1. The van der Waals surface area contributed by atoms with Crippen molar-refractivity contribution in [2.45, 2.75) is 78.9 Å². The molecule has 1 aliphatic carbocycles. The molecule has 0 radical (unpaired) electrons. The van der Waals surface area contributed by atoms with Gasteiger partial charge in [0.05, 0.1) is 11.1 Å². The molecule has 0 atom stereocenters. The summed E-state index contributed by atoms with van der Waals surface area (Å²) in [5.74, 6) is 0.585. The van der Waals surface area contributed by atoms with E-state index in [2.05, 4.69) is 13.8 Å². The maximum Gasteiger partial charge on any atom is 0.337 e. The number of hydrogen-bond acceptors (Lipinski definition) is 5. The number of carbonyl (C=O) groups excluding carboxylic acids is 1. The molecule has 5 rings (SSSR count). The van der Waals surface area contributed by atoms with Crippen LogP contribution in [-0.4, -0.2) is 44.2 Å². The van der Waals surface area contributed by atoms with Crippen molar-refractivity contribution in [1.82, 2.24) is 14.0 Å². The lowest BCUT2D eigenvalue weighted by Crippen LogP contribution is -2.44. The zero-order valence-corrected chi connectivity index (χ0v) is 22.6. The highest BCUT2D eigenvalue weighted by molar-refractivity contribution is 7.19. The average Bonchev–Trinajstić information content (AvgIpc) is 3.44. The van der Waals surface area contributed by atoms with E-state index in [0.29, 0.717) is 21.8 Å². The number of aromatic nitrogens is 2. The van der Waals surface area contributed by atoms with Crippen LogP contribution in [0.15, 0.2) is 33.9 Å². The van der Waals surface area contributed by atoms with Crippen LogP contribution in [-0.2, 0) is 30.6 Å². The number of nitrogens with zero attached hydrogens (tertiary/aromatic N) is 3. The monoisotopic (exact) mass is 511 g/mol. The van der Waals surface area contributed by atoms with Crippen molar-refractivity contribution >= 4 is 27.5 Å². The number of hydrogen-bond donors (Lipinski definition) is 1. The van der Waals surface area contributed by atoms with Gasteiger partial charge in [0, 0.05) is 24.1 Å². The molecule has 1 aliphatic heterocycles. The molecule has 8 heteroatoms. The Morgan fingerprint density at radius 2 is 1.75 bits per heavy atom. The number of rotatable bonds is 4. The molecule has 7 nitrogen and oxygen atoms in total. The first-order chi connectivity index (χ1) is 17.2. The summed E-state index contributed by atoms with van der Waals surface area (Å²) in [5, 5.41) is 8.68. The fourth-order valence-corrected chi connectivity index (χ4v) is 6.32. The zero-order valence-electron chi connectivity index (χ0n) is 21.7. The van der Waals surface area contributed by atoms with Gasteiger partial charge in [-0.05, 0) is 81.5 Å². The van der Waals surface area contributed by atoms with Gasteiger partial charge in [-0.2, -0.15) is 0 Å². The first-order valence-corrected chi connectivity index (χ1v) is 13.9. The number of aliphatic hydroxyl groups excluding tert-OH is 1. The van der Waals surface area contributed by atoms with Crippen LogP contribution in [0.4, 0.5) is 0 Å². The van der Waals surface area contributed by atoms with E-state index in [1.807, 2.05) is 29.2 Å². The molecule has 0 saturated carbocycles. The highest BCUT2D eigenvalue weighted by Crippen LogP contribution is 2.35. The fourth-order valence-electron chi connectivity index (χ4n) is 4.95. The Labute approximate surface area is 216 Å². The summed E-state index contributed by atoms with van der Waals surface area (Å²) in [6, 6.07) is 7.57. The third-order valence-corrected chi connectivity index (χ3v) is 8.33. The molecule has 0 bridgehead atoms. The minimum absolute atomic E-state index is 0.0174. The van der Waals surface area contributed by atoms with Crippen molar-refractivity contribution < 1.29 is 9.90 Å². The summed E-state index contributed by atoms with van der Waals surface area (Å²) in [6.45, 7) is 9.18. The molecule has 1 fully saturated rings. The van der Waals surface area contributed by atoms with Crippen molar-refractivity contribution in [3.05, 3.63) is 61.1 Å². The molecule has 1 saturated heterocycles. The number of benzene rings is 1. The van der Waals surface area contributed by atoms with Crippen LogP contribution in [0.3, 0.4) is 0 Å². The first-order valence-electron chi connectivity index (χ1n) is 13.1. The second-order valence-electron chi connectivity index (χ2n) is 10.2. The number of likely N-dealkylation sites (tertiary alicyclic amines) is 1. The molecule has 3 heterocycles. The Hall–Kier alpha value is -2.71. The second-order valence-corrected chi connectivity index (χ2v) is 11.3. The number of aliphatic hydroxyl groups is 1. The predicted octanol–water partition coefficient (Wildman–Crippen LogP) is 3.91. The molecule has 0 spiro atoms. The van der Waals surface area contributed by atoms with Gasteiger partial charge in [-0.3, -0.25) is 14.2 Å². The number of fused-ring (bicyclic) bond motifs is 3. The number of piperidine rings is 1. The lowest BCUT2D eigenvalue weighted by Gasteiger charge is -2.30. The van der Waals surface area contributed by atoms with Gasteiger partial charge >= 0.3 is 5.69 Å². The smallest absolute Gasteiger partial charge is 0.337 e. The minimum atomic E-state index is -0.426. The van der Waals surface area contributed by atoms with Gasteiger partial charge < -0.3 is 10.0 Å². The van der Waals surface area contributed by atoms with Gasteiger partial charge in [-0.15, -0.1) is 11.3 Å². The summed E-state index contributed by atoms with van der Waals surface area (Å²) in [7, 11) is 0. The van der Waals surface area contributed by atoms with Crippen LogP contribution in [0.2, 0.25) is 0 Å². The van der Waals surface area contributed by atoms with Gasteiger partial charge in [0.1, 0.15) is 11.4 Å². The Bertz CT molecular complexity index is 1340. The first kappa shape index (κ1) is 26.4. The van der Waals surface area contributed by atoms with Crippen LogP contribution in [0.5, 0.6) is 0 Å². The van der Waals surface area contributed by atoms with E-state index in [4.69, 9.17) is 5.11 Å². The second kappa shape index (κ2) is 11.1. The van der Waals surface area contributed by atoms with Gasteiger partial charge in [0.25, 0.3) is 5.56 Å². The lowest BCUT2D eigenvalue weighted by atomic mass is 9.99. The van der Waals surface area contributed by atoms with E-state index in [-0.39, 0.29) is 24.1 Å². The average molecular weight is 512 g/mol. The van der Waals surface area contributed by atoms with E-state index >= 15 is 0 Å². The summed E-state index contributed by atoms with van der Waals surface area (Å²) in [5.41, 5.74) is 2.09. The van der Waals surface area contributed by atoms with E-state index in [0.717, 1.165) is 62.7 Å². The Balaban J connectivity index is 0.000000709. The normalized spacial score (nSPS) is 15.8. The van der Waals surface area contributed by atoms with Crippen molar-refractivity contribution in [3.63, 3.8) is 0 Å². The largest absolute Gasteiger partial charge is 0.394 e. The molecule has 1 aromatic carbocycles. The van der Waals surface area contributed by atoms with Gasteiger partial charge in [0.2, 0.25) is 5.91 Å². The van der Waals surface area contributed by atoms with E-state index in [1.54, 1.807) is 18.4 Å². The molecular weight excluding hydrogens is 474 g/mol. The molecule has 2 aliphatic rings. The van der Waals surface area contributed by atoms with Crippen molar-refractivity contribution in [3.8, 4) is 5.69 Å². The predicted molar refractivity (Wildman–Crippen MR) is 145 cm³/mol. The SMILES string of the molecule is CC(C)O.CCc1ccc(-n2c(=O)c3c4c(sc3n(CC(=O)N3CCC(C)CC3)c2=O)CCC4)cc1. The number of thiophene rings is 1. The molecule has 2 aromatic heterocycles. The Kier molecular flexibility index (Phi) is 8.15. The summed E-state index contributed by atoms with van der Waals surface area (Å²) >= 11 is 1.52. The van der Waals surface area contributed by atoms with Crippen LogP contribution in [0, 0.1) is 5.92 Å². The Morgan fingerprint density at radius 3 is 2.36 bits per heavy atom. The minimum Gasteiger partial charge on any atom is -0.394 e. The summed E-state index contributed by atoms with van der Waals surface area (Å²) in [4.78, 5) is 44.0. The lowest BCUT2D eigenvalue weighted by molar-refractivity contribution is -0.133. The third-order valence-electron chi connectivity index (χ3n) is 7.02. The van der Waals surface area contributed by atoms with Crippen LogP contribution >= 0.6 is 11.3 Å². The zero-order chi connectivity index (χ0) is 26.0. The molecule has 0 unspecified atom stereocenters. The van der Waals surface area contributed by atoms with Gasteiger partial charge in [-0.25, -0.2) is 9.36 Å². The van der Waals surface area contributed by atoms with Crippen molar-refractivity contribution in [2.24, 2.45) is 5.92 Å². The standard InChI is InChI=1S/C25H29N3O3S.C3H8O/c1-3-17-7-9-18(10-8-17)28-23(30)22-19-5-4-6-20(19)32-24(22)27(25(28)31)15-21(29)26-13-11-16(2)12-14-26;1-3(2)4/h7-10,16H,3-6,11-15H2,1-2H3;3-4H,1-2H3. The molecular formula is C28H37N3O4S. The quantitative estimate of drug-likeness (QED) is 0.576. The van der Waals surface area contributed by atoms with E-state index < -0.39 is 5.69 Å². The molecule has 3 aromatic rings. The molecule has 36 heavy (non-hydrogen) atoms.